The molecule has 0 radical (unpaired) electrons. The second-order valence-electron chi connectivity index (χ2n) is 3.84. The molecule has 0 aliphatic carbocycles. The molecule has 0 fully saturated rings. The average molecular weight is 311 g/mol. The first-order chi connectivity index (χ1) is 9.44. The standard InChI is InChI=1S/C13H8ClFN2O2S/c14-10-5-6-11(15)12(7-10)17-20(18,19)13-4-2-1-3-9(13)8-16/h1-7,17H. The topological polar surface area (TPSA) is 70.0 Å². The van der Waals surface area contributed by atoms with E-state index in [2.05, 4.69) is 4.72 Å². The van der Waals surface area contributed by atoms with E-state index in [9.17, 15) is 12.8 Å². The zero-order valence-electron chi connectivity index (χ0n) is 9.97. The summed E-state index contributed by atoms with van der Waals surface area (Å²) in [5.74, 6) is -0.757. The number of benzene rings is 2. The van der Waals surface area contributed by atoms with Crippen LogP contribution in [0, 0.1) is 17.1 Å². The van der Waals surface area contributed by atoms with Gasteiger partial charge in [0.25, 0.3) is 10.0 Å². The predicted molar refractivity (Wildman–Crippen MR) is 73.4 cm³/mol. The number of hydrogen-bond acceptors (Lipinski definition) is 3. The molecule has 0 heterocycles. The second kappa shape index (κ2) is 5.49. The van der Waals surface area contributed by atoms with Gasteiger partial charge in [-0.3, -0.25) is 4.72 Å². The number of hydrogen-bond donors (Lipinski definition) is 1. The van der Waals surface area contributed by atoms with Gasteiger partial charge in [-0.1, -0.05) is 23.7 Å². The number of nitriles is 1. The number of halogens is 2. The molecule has 0 saturated carbocycles. The van der Waals surface area contributed by atoms with Crippen LogP contribution in [0.25, 0.3) is 0 Å². The quantitative estimate of drug-likeness (QED) is 0.946. The fourth-order valence-corrected chi connectivity index (χ4v) is 2.96. The highest BCUT2D eigenvalue weighted by Gasteiger charge is 2.19. The number of rotatable bonds is 3. The van der Waals surface area contributed by atoms with Crippen molar-refractivity contribution in [2.24, 2.45) is 0 Å². The Kier molecular flexibility index (Phi) is 3.93. The minimum absolute atomic E-state index is 0.0255. The molecule has 0 spiro atoms. The minimum Gasteiger partial charge on any atom is -0.277 e. The van der Waals surface area contributed by atoms with Crippen molar-refractivity contribution in [1.29, 1.82) is 5.26 Å². The van der Waals surface area contributed by atoms with E-state index in [0.29, 0.717) is 0 Å². The Morgan fingerprint density at radius 1 is 1.20 bits per heavy atom. The molecule has 20 heavy (non-hydrogen) atoms. The van der Waals surface area contributed by atoms with Gasteiger partial charge in [-0.15, -0.1) is 0 Å². The lowest BCUT2D eigenvalue weighted by atomic mass is 10.2. The summed E-state index contributed by atoms with van der Waals surface area (Å²) in [6.07, 6.45) is 0. The summed E-state index contributed by atoms with van der Waals surface area (Å²) in [5, 5.41) is 9.10. The van der Waals surface area contributed by atoms with E-state index in [1.807, 2.05) is 0 Å². The molecule has 0 aliphatic heterocycles. The Balaban J connectivity index is 2.47. The molecule has 1 N–H and O–H groups in total. The molecule has 7 heteroatoms. The lowest BCUT2D eigenvalue weighted by Crippen LogP contribution is -2.15. The average Bonchev–Trinajstić information content (AvgIpc) is 2.42. The molecule has 2 aromatic rings. The van der Waals surface area contributed by atoms with Crippen molar-refractivity contribution in [3.63, 3.8) is 0 Å². The van der Waals surface area contributed by atoms with Gasteiger partial charge in [0.05, 0.1) is 11.3 Å². The predicted octanol–water partition coefficient (Wildman–Crippen LogP) is 3.15. The van der Waals surface area contributed by atoms with E-state index in [1.54, 1.807) is 6.07 Å². The van der Waals surface area contributed by atoms with Crippen LogP contribution in [0.4, 0.5) is 10.1 Å². The number of sulfonamides is 1. The van der Waals surface area contributed by atoms with Crippen LogP contribution in [0.15, 0.2) is 47.4 Å². The van der Waals surface area contributed by atoms with Gasteiger partial charge in [0.1, 0.15) is 16.8 Å². The largest absolute Gasteiger partial charge is 0.277 e. The SMILES string of the molecule is N#Cc1ccccc1S(=O)(=O)Nc1cc(Cl)ccc1F. The van der Waals surface area contributed by atoms with Gasteiger partial charge in [-0.25, -0.2) is 12.8 Å². The molecule has 0 aromatic heterocycles. The first-order valence-electron chi connectivity index (χ1n) is 5.41. The Bertz CT molecular complexity index is 800. The molecule has 0 bridgehead atoms. The summed E-state index contributed by atoms with van der Waals surface area (Å²) in [6, 6.07) is 10.9. The Labute approximate surface area is 120 Å². The van der Waals surface area contributed by atoms with Crippen molar-refractivity contribution >= 4 is 27.3 Å². The zero-order chi connectivity index (χ0) is 14.8. The van der Waals surface area contributed by atoms with Crippen LogP contribution in [-0.4, -0.2) is 8.42 Å². The summed E-state index contributed by atoms with van der Waals surface area (Å²) in [5.41, 5.74) is -0.298. The van der Waals surface area contributed by atoms with Crippen LogP contribution < -0.4 is 4.72 Å². The second-order valence-corrected chi connectivity index (χ2v) is 5.92. The maximum Gasteiger partial charge on any atom is 0.263 e. The van der Waals surface area contributed by atoms with Gasteiger partial charge in [-0.05, 0) is 30.3 Å². The molecule has 2 rings (SSSR count). The van der Waals surface area contributed by atoms with Crippen molar-refractivity contribution in [3.05, 3.63) is 58.9 Å². The molecule has 102 valence electrons. The summed E-state index contributed by atoms with van der Waals surface area (Å²) in [4.78, 5) is -0.220. The Hall–Kier alpha value is -2.10. The van der Waals surface area contributed by atoms with Crippen LogP contribution in [-0.2, 0) is 10.0 Å². The summed E-state index contributed by atoms with van der Waals surface area (Å²) in [6.45, 7) is 0. The van der Waals surface area contributed by atoms with Crippen LogP contribution in [0.2, 0.25) is 5.02 Å². The van der Waals surface area contributed by atoms with Gasteiger partial charge in [0.2, 0.25) is 0 Å². The lowest BCUT2D eigenvalue weighted by molar-refractivity contribution is 0.598. The van der Waals surface area contributed by atoms with Crippen molar-refractivity contribution in [2.45, 2.75) is 4.90 Å². The van der Waals surface area contributed by atoms with E-state index < -0.39 is 15.8 Å². The third kappa shape index (κ3) is 2.90. The van der Waals surface area contributed by atoms with Gasteiger partial charge >= 0.3 is 0 Å². The molecule has 0 amide bonds. The van der Waals surface area contributed by atoms with E-state index in [1.165, 1.54) is 30.3 Å². The lowest BCUT2D eigenvalue weighted by Gasteiger charge is -2.10. The number of anilines is 1. The van der Waals surface area contributed by atoms with Gasteiger partial charge in [-0.2, -0.15) is 5.26 Å². The van der Waals surface area contributed by atoms with Crippen molar-refractivity contribution in [1.82, 2.24) is 0 Å². The Morgan fingerprint density at radius 2 is 1.90 bits per heavy atom. The van der Waals surface area contributed by atoms with Crippen LogP contribution in [0.3, 0.4) is 0 Å². The smallest absolute Gasteiger partial charge is 0.263 e. The maximum atomic E-state index is 13.5. The van der Waals surface area contributed by atoms with E-state index >= 15 is 0 Å². The fourth-order valence-electron chi connectivity index (χ4n) is 1.57. The monoisotopic (exact) mass is 310 g/mol. The van der Waals surface area contributed by atoms with Crippen molar-refractivity contribution in [2.75, 3.05) is 4.72 Å². The van der Waals surface area contributed by atoms with Gasteiger partial charge < -0.3 is 0 Å². The third-order valence-corrected chi connectivity index (χ3v) is 4.13. The molecule has 0 atom stereocenters. The first-order valence-corrected chi connectivity index (χ1v) is 7.27. The summed E-state index contributed by atoms with van der Waals surface area (Å²) >= 11 is 5.70. The number of nitrogens with one attached hydrogen (secondary N) is 1. The molecule has 0 unspecified atom stereocenters. The molecule has 2 aromatic carbocycles. The van der Waals surface area contributed by atoms with E-state index in [0.717, 1.165) is 12.1 Å². The number of nitrogens with zero attached hydrogens (tertiary/aromatic N) is 1. The van der Waals surface area contributed by atoms with E-state index in [-0.39, 0.29) is 21.2 Å². The minimum atomic E-state index is -4.07. The normalized spacial score (nSPS) is 10.8. The molecule has 0 saturated heterocycles. The highest BCUT2D eigenvalue weighted by Crippen LogP contribution is 2.24. The molecule has 0 aliphatic rings. The van der Waals surface area contributed by atoms with E-state index in [4.69, 9.17) is 16.9 Å². The van der Waals surface area contributed by atoms with Crippen LogP contribution in [0.1, 0.15) is 5.56 Å². The molecule has 4 nitrogen and oxygen atoms in total. The summed E-state index contributed by atoms with van der Waals surface area (Å²) in [7, 11) is -4.07. The molecular formula is C13H8ClFN2O2S. The third-order valence-electron chi connectivity index (χ3n) is 2.47. The first kappa shape index (κ1) is 14.3. The molecular weight excluding hydrogens is 303 g/mol. The summed E-state index contributed by atoms with van der Waals surface area (Å²) < 4.78 is 40.0. The highest BCUT2D eigenvalue weighted by atomic mass is 35.5. The fraction of sp³-hybridized carbons (Fsp3) is 0. The van der Waals surface area contributed by atoms with Crippen molar-refractivity contribution in [3.8, 4) is 6.07 Å². The zero-order valence-corrected chi connectivity index (χ0v) is 11.5. The Morgan fingerprint density at radius 3 is 2.60 bits per heavy atom. The van der Waals surface area contributed by atoms with Gasteiger partial charge in [0, 0.05) is 5.02 Å². The maximum absolute atomic E-state index is 13.5. The van der Waals surface area contributed by atoms with Crippen molar-refractivity contribution < 1.29 is 12.8 Å². The van der Waals surface area contributed by atoms with Crippen LogP contribution >= 0.6 is 11.6 Å². The highest BCUT2D eigenvalue weighted by molar-refractivity contribution is 7.92. The van der Waals surface area contributed by atoms with Gasteiger partial charge in [0.15, 0.2) is 0 Å². The van der Waals surface area contributed by atoms with Crippen LogP contribution in [0.5, 0.6) is 0 Å².